The van der Waals surface area contributed by atoms with Crippen LogP contribution >= 0.6 is 0 Å². The molecular formula is C22H24N2O5. The van der Waals surface area contributed by atoms with Gasteiger partial charge in [-0.25, -0.2) is 5.01 Å². The fourth-order valence-electron chi connectivity index (χ4n) is 3.33. The second kappa shape index (κ2) is 9.23. The average Bonchev–Trinajstić information content (AvgIpc) is 3.19. The normalized spacial score (nSPS) is 15.7. The van der Waals surface area contributed by atoms with Gasteiger partial charge in [-0.1, -0.05) is 30.3 Å². The van der Waals surface area contributed by atoms with Gasteiger partial charge in [-0.15, -0.1) is 0 Å². The van der Waals surface area contributed by atoms with Gasteiger partial charge in [0.05, 0.1) is 26.0 Å². The largest absolute Gasteiger partial charge is 0.497 e. The van der Waals surface area contributed by atoms with Crippen LogP contribution in [-0.4, -0.2) is 41.9 Å². The molecule has 0 fully saturated rings. The van der Waals surface area contributed by atoms with Gasteiger partial charge < -0.3 is 14.6 Å². The summed E-state index contributed by atoms with van der Waals surface area (Å²) in [5.41, 5.74) is 2.55. The molecule has 2 aromatic rings. The zero-order valence-electron chi connectivity index (χ0n) is 16.5. The Hall–Kier alpha value is -3.35. The molecule has 0 spiro atoms. The molecule has 1 unspecified atom stereocenters. The van der Waals surface area contributed by atoms with Crippen LogP contribution in [-0.2, 0) is 9.59 Å². The fourth-order valence-corrected chi connectivity index (χ4v) is 3.33. The third-order valence-corrected chi connectivity index (χ3v) is 4.82. The molecule has 0 saturated heterocycles. The molecule has 1 aliphatic heterocycles. The molecule has 0 bridgehead atoms. The Balaban J connectivity index is 1.90. The molecular weight excluding hydrogens is 372 g/mol. The summed E-state index contributed by atoms with van der Waals surface area (Å²) in [4.78, 5) is 23.6. The molecule has 7 heteroatoms. The van der Waals surface area contributed by atoms with Crippen LogP contribution in [0.2, 0.25) is 0 Å². The van der Waals surface area contributed by atoms with E-state index in [0.717, 1.165) is 16.8 Å². The summed E-state index contributed by atoms with van der Waals surface area (Å²) in [6.45, 7) is 0. The minimum Gasteiger partial charge on any atom is -0.497 e. The van der Waals surface area contributed by atoms with Crippen molar-refractivity contribution in [1.82, 2.24) is 5.01 Å². The van der Waals surface area contributed by atoms with E-state index in [1.165, 1.54) is 5.01 Å². The number of amides is 1. The van der Waals surface area contributed by atoms with Crippen LogP contribution in [0.15, 0.2) is 53.6 Å². The van der Waals surface area contributed by atoms with Crippen molar-refractivity contribution >= 4 is 17.6 Å². The molecule has 1 aliphatic rings. The van der Waals surface area contributed by atoms with Gasteiger partial charge in [0, 0.05) is 30.9 Å². The highest BCUT2D eigenvalue weighted by molar-refractivity contribution is 6.03. The summed E-state index contributed by atoms with van der Waals surface area (Å²) in [7, 11) is 3.17. The number of benzene rings is 2. The van der Waals surface area contributed by atoms with Crippen LogP contribution in [0.25, 0.3) is 0 Å². The van der Waals surface area contributed by atoms with Gasteiger partial charge in [0.1, 0.15) is 11.5 Å². The molecule has 29 heavy (non-hydrogen) atoms. The van der Waals surface area contributed by atoms with Crippen LogP contribution < -0.4 is 9.47 Å². The molecule has 1 N–H and O–H groups in total. The van der Waals surface area contributed by atoms with E-state index in [1.807, 2.05) is 42.5 Å². The SMILES string of the molecule is COc1cc(OC)cc(C2=NN(C(=O)CCCC(=O)O)C(c3ccccc3)C2)c1. The van der Waals surface area contributed by atoms with Crippen molar-refractivity contribution in [3.05, 3.63) is 59.7 Å². The number of nitrogens with zero attached hydrogens (tertiary/aromatic N) is 2. The van der Waals surface area contributed by atoms with Crippen molar-refractivity contribution in [2.24, 2.45) is 5.10 Å². The molecule has 0 radical (unpaired) electrons. The van der Waals surface area contributed by atoms with Crippen LogP contribution in [0.1, 0.15) is 42.9 Å². The van der Waals surface area contributed by atoms with Gasteiger partial charge in [-0.2, -0.15) is 5.10 Å². The smallest absolute Gasteiger partial charge is 0.303 e. The summed E-state index contributed by atoms with van der Waals surface area (Å²) < 4.78 is 10.7. The third kappa shape index (κ3) is 4.93. The predicted molar refractivity (Wildman–Crippen MR) is 108 cm³/mol. The van der Waals surface area contributed by atoms with E-state index >= 15 is 0 Å². The number of carboxylic acid groups (broad SMARTS) is 1. The molecule has 0 aromatic heterocycles. The molecule has 1 amide bonds. The first-order valence-electron chi connectivity index (χ1n) is 9.41. The van der Waals surface area contributed by atoms with Crippen molar-refractivity contribution in [2.75, 3.05) is 14.2 Å². The van der Waals surface area contributed by atoms with Gasteiger partial charge in [0.2, 0.25) is 5.91 Å². The van der Waals surface area contributed by atoms with E-state index in [1.54, 1.807) is 20.3 Å². The van der Waals surface area contributed by atoms with Gasteiger partial charge in [0.15, 0.2) is 0 Å². The number of aliphatic carboxylic acids is 1. The lowest BCUT2D eigenvalue weighted by molar-refractivity contribution is -0.137. The van der Waals surface area contributed by atoms with Crippen LogP contribution in [0, 0.1) is 0 Å². The Morgan fingerprint density at radius 3 is 2.31 bits per heavy atom. The van der Waals surface area contributed by atoms with E-state index in [0.29, 0.717) is 17.9 Å². The monoisotopic (exact) mass is 396 g/mol. The van der Waals surface area contributed by atoms with E-state index in [4.69, 9.17) is 14.6 Å². The van der Waals surface area contributed by atoms with E-state index in [9.17, 15) is 9.59 Å². The number of carbonyl (C=O) groups is 2. The Bertz CT molecular complexity index is 888. The first-order chi connectivity index (χ1) is 14.0. The lowest BCUT2D eigenvalue weighted by Crippen LogP contribution is -2.26. The second-order valence-corrected chi connectivity index (χ2v) is 6.76. The highest BCUT2D eigenvalue weighted by Gasteiger charge is 2.33. The molecule has 3 rings (SSSR count). The number of hydrogen-bond acceptors (Lipinski definition) is 5. The zero-order valence-corrected chi connectivity index (χ0v) is 16.5. The number of hydrogen-bond donors (Lipinski definition) is 1. The molecule has 1 atom stereocenters. The summed E-state index contributed by atoms with van der Waals surface area (Å²) >= 11 is 0. The van der Waals surface area contributed by atoms with Crippen molar-refractivity contribution in [1.29, 1.82) is 0 Å². The molecule has 1 heterocycles. The van der Waals surface area contributed by atoms with Gasteiger partial charge in [-0.3, -0.25) is 9.59 Å². The number of ether oxygens (including phenoxy) is 2. The maximum Gasteiger partial charge on any atom is 0.303 e. The molecule has 152 valence electrons. The lowest BCUT2D eigenvalue weighted by Gasteiger charge is -2.22. The molecule has 0 saturated carbocycles. The average molecular weight is 396 g/mol. The predicted octanol–water partition coefficient (Wildman–Crippen LogP) is 3.64. The summed E-state index contributed by atoms with van der Waals surface area (Å²) in [6, 6.07) is 15.0. The van der Waals surface area contributed by atoms with Crippen molar-refractivity contribution < 1.29 is 24.2 Å². The third-order valence-electron chi connectivity index (χ3n) is 4.82. The van der Waals surface area contributed by atoms with Crippen LogP contribution in [0.3, 0.4) is 0 Å². The second-order valence-electron chi connectivity index (χ2n) is 6.76. The van der Waals surface area contributed by atoms with E-state index in [2.05, 4.69) is 5.10 Å². The van der Waals surface area contributed by atoms with Gasteiger partial charge >= 0.3 is 5.97 Å². The van der Waals surface area contributed by atoms with Gasteiger partial charge in [0.25, 0.3) is 0 Å². The topological polar surface area (TPSA) is 88.4 Å². The quantitative estimate of drug-likeness (QED) is 0.736. The Labute approximate surface area is 169 Å². The van der Waals surface area contributed by atoms with Crippen LogP contribution in [0.5, 0.6) is 11.5 Å². The maximum atomic E-state index is 12.8. The minimum atomic E-state index is -0.911. The van der Waals surface area contributed by atoms with Crippen LogP contribution in [0.4, 0.5) is 0 Å². The lowest BCUT2D eigenvalue weighted by atomic mass is 9.98. The Kier molecular flexibility index (Phi) is 6.49. The van der Waals surface area contributed by atoms with E-state index < -0.39 is 5.97 Å². The fraction of sp³-hybridized carbons (Fsp3) is 0.318. The Morgan fingerprint density at radius 2 is 1.72 bits per heavy atom. The Morgan fingerprint density at radius 1 is 1.07 bits per heavy atom. The molecule has 2 aromatic carbocycles. The highest BCUT2D eigenvalue weighted by Crippen LogP contribution is 2.35. The number of rotatable bonds is 8. The summed E-state index contributed by atoms with van der Waals surface area (Å²) in [6.07, 6.45) is 0.919. The number of carboxylic acids is 1. The molecule has 7 nitrogen and oxygen atoms in total. The van der Waals surface area contributed by atoms with Crippen molar-refractivity contribution in [2.45, 2.75) is 31.7 Å². The zero-order chi connectivity index (χ0) is 20.8. The maximum absolute atomic E-state index is 12.8. The number of carbonyl (C=O) groups excluding carboxylic acids is 1. The first kappa shape index (κ1) is 20.4. The summed E-state index contributed by atoms with van der Waals surface area (Å²) in [5, 5.41) is 14.9. The van der Waals surface area contributed by atoms with Crippen molar-refractivity contribution in [3.63, 3.8) is 0 Å². The summed E-state index contributed by atoms with van der Waals surface area (Å²) in [5.74, 6) is 0.186. The van der Waals surface area contributed by atoms with Gasteiger partial charge in [-0.05, 0) is 24.1 Å². The highest BCUT2D eigenvalue weighted by atomic mass is 16.5. The number of methoxy groups -OCH3 is 2. The first-order valence-corrected chi connectivity index (χ1v) is 9.41. The van der Waals surface area contributed by atoms with E-state index in [-0.39, 0.29) is 31.2 Å². The molecule has 0 aliphatic carbocycles. The standard InChI is InChI=1S/C22H24N2O5/c1-28-17-11-16(12-18(13-17)29-2)19-14-20(15-7-4-3-5-8-15)24(23-19)21(25)9-6-10-22(26)27/h3-5,7-8,11-13,20H,6,9-10,14H2,1-2H3,(H,26,27). The van der Waals surface area contributed by atoms with Crippen molar-refractivity contribution in [3.8, 4) is 11.5 Å². The minimum absolute atomic E-state index is 0.0424. The number of hydrazone groups is 1.